The Balaban J connectivity index is 1.42. The number of para-hydroxylation sites is 1. The smallest absolute Gasteiger partial charge is 0.229 e. The molecule has 1 aliphatic rings. The lowest BCUT2D eigenvalue weighted by Gasteiger charge is -2.36. The molecule has 6 nitrogen and oxygen atoms in total. The van der Waals surface area contributed by atoms with E-state index in [9.17, 15) is 8.42 Å². The van der Waals surface area contributed by atoms with E-state index in [1.165, 1.54) is 11.9 Å². The van der Waals surface area contributed by atoms with Gasteiger partial charge in [-0.3, -0.25) is 9.62 Å². The molecule has 152 valence electrons. The van der Waals surface area contributed by atoms with Gasteiger partial charge in [0, 0.05) is 51.1 Å². The number of nitrogens with zero attached hydrogens (tertiary/aromatic N) is 3. The monoisotopic (exact) mass is 402 g/mol. The third-order valence-corrected chi connectivity index (χ3v) is 5.66. The summed E-state index contributed by atoms with van der Waals surface area (Å²) in [5.41, 5.74) is 2.93. The summed E-state index contributed by atoms with van der Waals surface area (Å²) in [6.45, 7) is 6.33. The van der Waals surface area contributed by atoms with Crippen molar-refractivity contribution < 1.29 is 8.42 Å². The summed E-state index contributed by atoms with van der Waals surface area (Å²) < 4.78 is 25.4. The number of hydrogen-bond donors (Lipinski definition) is 1. The summed E-state index contributed by atoms with van der Waals surface area (Å²) in [5, 5.41) is 0. The maximum Gasteiger partial charge on any atom is 0.229 e. The fraction of sp³-hybridized carbons (Fsp3) is 0.429. The Bertz CT molecular complexity index is 850. The number of hydrogen-bond acceptors (Lipinski definition) is 5. The van der Waals surface area contributed by atoms with Gasteiger partial charge < -0.3 is 9.80 Å². The Kier molecular flexibility index (Phi) is 6.80. The molecule has 0 radical (unpaired) electrons. The van der Waals surface area contributed by atoms with Crippen LogP contribution in [-0.4, -0.2) is 65.9 Å². The lowest BCUT2D eigenvalue weighted by atomic mass is 10.2. The quantitative estimate of drug-likeness (QED) is 0.736. The Morgan fingerprint density at radius 3 is 2.39 bits per heavy atom. The number of rotatable bonds is 8. The minimum atomic E-state index is -3.25. The van der Waals surface area contributed by atoms with Crippen molar-refractivity contribution in [2.24, 2.45) is 0 Å². The molecule has 0 amide bonds. The van der Waals surface area contributed by atoms with Gasteiger partial charge in [0.1, 0.15) is 0 Å². The van der Waals surface area contributed by atoms with E-state index in [2.05, 4.69) is 49.8 Å². The van der Waals surface area contributed by atoms with E-state index in [4.69, 9.17) is 0 Å². The molecule has 0 saturated carbocycles. The van der Waals surface area contributed by atoms with Crippen molar-refractivity contribution in [1.82, 2.24) is 4.90 Å². The molecule has 1 N–H and O–H groups in total. The maximum absolute atomic E-state index is 11.4. The van der Waals surface area contributed by atoms with E-state index in [1.54, 1.807) is 6.07 Å². The van der Waals surface area contributed by atoms with Gasteiger partial charge in [0.05, 0.1) is 11.9 Å². The zero-order valence-electron chi connectivity index (χ0n) is 16.7. The molecular weight excluding hydrogens is 372 g/mol. The average molecular weight is 403 g/mol. The highest BCUT2D eigenvalue weighted by atomic mass is 32.2. The fourth-order valence-corrected chi connectivity index (χ4v) is 4.11. The molecule has 0 bridgehead atoms. The number of benzene rings is 2. The highest BCUT2D eigenvalue weighted by Crippen LogP contribution is 2.20. The first-order valence-electron chi connectivity index (χ1n) is 9.72. The van der Waals surface area contributed by atoms with E-state index in [1.807, 2.05) is 25.2 Å². The highest BCUT2D eigenvalue weighted by Gasteiger charge is 2.16. The molecule has 1 fully saturated rings. The van der Waals surface area contributed by atoms with E-state index in [-0.39, 0.29) is 0 Å². The lowest BCUT2D eigenvalue weighted by molar-refractivity contribution is 0.256. The maximum atomic E-state index is 11.4. The second kappa shape index (κ2) is 9.30. The summed E-state index contributed by atoms with van der Waals surface area (Å²) in [6.07, 6.45) is 2.24. The van der Waals surface area contributed by atoms with Crippen molar-refractivity contribution in [2.75, 3.05) is 67.1 Å². The number of anilines is 3. The van der Waals surface area contributed by atoms with Crippen LogP contribution >= 0.6 is 0 Å². The van der Waals surface area contributed by atoms with Gasteiger partial charge in [0.25, 0.3) is 0 Å². The second-order valence-electron chi connectivity index (χ2n) is 7.36. The summed E-state index contributed by atoms with van der Waals surface area (Å²) in [7, 11) is -1.21. The zero-order chi connectivity index (χ0) is 20.0. The van der Waals surface area contributed by atoms with E-state index >= 15 is 0 Å². The molecule has 0 atom stereocenters. The number of sulfonamides is 1. The summed E-state index contributed by atoms with van der Waals surface area (Å²) >= 11 is 0. The van der Waals surface area contributed by atoms with Crippen LogP contribution in [0, 0.1) is 0 Å². The molecule has 0 aromatic heterocycles. The fourth-order valence-electron chi connectivity index (χ4n) is 3.55. The largest absolute Gasteiger partial charge is 0.374 e. The van der Waals surface area contributed by atoms with Crippen LogP contribution in [0.1, 0.15) is 6.42 Å². The van der Waals surface area contributed by atoms with Crippen LogP contribution in [0.5, 0.6) is 0 Å². The van der Waals surface area contributed by atoms with Gasteiger partial charge in [-0.05, 0) is 43.3 Å². The first-order valence-corrected chi connectivity index (χ1v) is 11.6. The zero-order valence-corrected chi connectivity index (χ0v) is 17.5. The number of nitrogens with one attached hydrogen (secondary N) is 1. The Labute approximate surface area is 168 Å². The Morgan fingerprint density at radius 2 is 1.71 bits per heavy atom. The SMILES string of the molecule is CN(CCCN1CCN(c2ccccc2)CC1)c1cccc(NS(C)(=O)=O)c1. The Morgan fingerprint density at radius 1 is 1.00 bits per heavy atom. The summed E-state index contributed by atoms with van der Waals surface area (Å²) in [6, 6.07) is 18.1. The van der Waals surface area contributed by atoms with Crippen molar-refractivity contribution in [3.8, 4) is 0 Å². The van der Waals surface area contributed by atoms with Gasteiger partial charge in [-0.1, -0.05) is 24.3 Å². The van der Waals surface area contributed by atoms with Gasteiger partial charge in [-0.25, -0.2) is 8.42 Å². The van der Waals surface area contributed by atoms with Crippen LogP contribution in [0.25, 0.3) is 0 Å². The minimum Gasteiger partial charge on any atom is -0.374 e. The molecule has 0 spiro atoms. The molecule has 7 heteroatoms. The normalized spacial score (nSPS) is 15.4. The predicted molar refractivity (Wildman–Crippen MR) is 118 cm³/mol. The van der Waals surface area contributed by atoms with Crippen molar-refractivity contribution >= 4 is 27.1 Å². The van der Waals surface area contributed by atoms with E-state index in [0.717, 1.165) is 51.4 Å². The third-order valence-electron chi connectivity index (χ3n) is 5.05. The van der Waals surface area contributed by atoms with Gasteiger partial charge in [-0.2, -0.15) is 0 Å². The molecule has 0 aliphatic carbocycles. The molecule has 1 heterocycles. The van der Waals surface area contributed by atoms with E-state index < -0.39 is 10.0 Å². The van der Waals surface area contributed by atoms with Crippen LogP contribution in [0.3, 0.4) is 0 Å². The predicted octanol–water partition coefficient (Wildman–Crippen LogP) is 2.71. The lowest BCUT2D eigenvalue weighted by Crippen LogP contribution is -2.47. The van der Waals surface area contributed by atoms with Crippen molar-refractivity contribution in [2.45, 2.75) is 6.42 Å². The van der Waals surface area contributed by atoms with Gasteiger partial charge in [-0.15, -0.1) is 0 Å². The van der Waals surface area contributed by atoms with Crippen LogP contribution in [0.2, 0.25) is 0 Å². The van der Waals surface area contributed by atoms with Gasteiger partial charge in [0.2, 0.25) is 10.0 Å². The van der Waals surface area contributed by atoms with Crippen molar-refractivity contribution in [3.05, 3.63) is 54.6 Å². The average Bonchev–Trinajstić information content (AvgIpc) is 2.68. The standard InChI is InChI=1S/C21H30N4O2S/c1-23(21-11-6-8-19(18-21)22-28(2,26)27)12-7-13-24-14-16-25(17-15-24)20-9-4-3-5-10-20/h3-6,8-11,18,22H,7,12-17H2,1-2H3. The topological polar surface area (TPSA) is 55.9 Å². The van der Waals surface area contributed by atoms with Crippen molar-refractivity contribution in [3.63, 3.8) is 0 Å². The van der Waals surface area contributed by atoms with Gasteiger partial charge >= 0.3 is 0 Å². The molecule has 0 unspecified atom stereocenters. The van der Waals surface area contributed by atoms with Crippen LogP contribution in [-0.2, 0) is 10.0 Å². The first kappa shape index (κ1) is 20.5. The van der Waals surface area contributed by atoms with Crippen LogP contribution < -0.4 is 14.5 Å². The van der Waals surface area contributed by atoms with Crippen molar-refractivity contribution in [1.29, 1.82) is 0 Å². The van der Waals surface area contributed by atoms with Crippen LogP contribution in [0.15, 0.2) is 54.6 Å². The molecule has 1 aliphatic heterocycles. The highest BCUT2D eigenvalue weighted by molar-refractivity contribution is 7.92. The molecule has 2 aromatic rings. The molecule has 1 saturated heterocycles. The third kappa shape index (κ3) is 6.14. The van der Waals surface area contributed by atoms with E-state index in [0.29, 0.717) is 5.69 Å². The Hall–Kier alpha value is -2.25. The summed E-state index contributed by atoms with van der Waals surface area (Å²) in [4.78, 5) is 7.14. The number of piperazine rings is 1. The summed E-state index contributed by atoms with van der Waals surface area (Å²) in [5.74, 6) is 0. The molecule has 3 rings (SSSR count). The molecular formula is C21H30N4O2S. The molecule has 2 aromatic carbocycles. The molecule has 28 heavy (non-hydrogen) atoms. The van der Waals surface area contributed by atoms with Crippen LogP contribution in [0.4, 0.5) is 17.1 Å². The van der Waals surface area contributed by atoms with Gasteiger partial charge in [0.15, 0.2) is 0 Å². The second-order valence-corrected chi connectivity index (χ2v) is 9.11. The first-order chi connectivity index (χ1) is 13.4. The minimum absolute atomic E-state index is 0.601.